The van der Waals surface area contributed by atoms with E-state index in [2.05, 4.69) is 5.32 Å². The van der Waals surface area contributed by atoms with Crippen LogP contribution in [0.4, 0.5) is 11.4 Å². The average molecular weight is 473 g/mol. The second-order valence-electron chi connectivity index (χ2n) is 7.44. The second kappa shape index (κ2) is 10.1. The van der Waals surface area contributed by atoms with Gasteiger partial charge in [-0.05, 0) is 66.9 Å². The van der Waals surface area contributed by atoms with E-state index in [1.54, 1.807) is 42.5 Å². The molecule has 0 aliphatic rings. The van der Waals surface area contributed by atoms with Crippen LogP contribution in [0.15, 0.2) is 66.7 Å². The molecule has 0 aliphatic heterocycles. The lowest BCUT2D eigenvalue weighted by molar-refractivity contribution is -0.118. The van der Waals surface area contributed by atoms with Crippen molar-refractivity contribution < 1.29 is 17.9 Å². The summed E-state index contributed by atoms with van der Waals surface area (Å²) < 4.78 is 31.6. The Bertz CT molecular complexity index is 1210. The molecule has 0 atom stereocenters. The van der Waals surface area contributed by atoms with Crippen molar-refractivity contribution in [1.29, 1.82) is 0 Å². The Balaban J connectivity index is 1.67. The smallest absolute Gasteiger partial charge is 0.262 e. The minimum Gasteiger partial charge on any atom is -0.484 e. The van der Waals surface area contributed by atoms with Gasteiger partial charge in [0.25, 0.3) is 5.91 Å². The summed E-state index contributed by atoms with van der Waals surface area (Å²) in [5.74, 6) is 0.176. The Labute approximate surface area is 193 Å². The highest BCUT2D eigenvalue weighted by Crippen LogP contribution is 2.26. The molecule has 0 aliphatic carbocycles. The SMILES string of the molecule is Cc1cccc(NC(=O)COc2ccc(N(Cc3ccccc3Cl)S(C)(=O)=O)cc2)c1C. The molecule has 6 nitrogen and oxygen atoms in total. The highest BCUT2D eigenvalue weighted by molar-refractivity contribution is 7.92. The van der Waals surface area contributed by atoms with Crippen molar-refractivity contribution in [2.45, 2.75) is 20.4 Å². The number of hydrogen-bond donors (Lipinski definition) is 1. The quantitative estimate of drug-likeness (QED) is 0.503. The zero-order chi connectivity index (χ0) is 23.3. The topological polar surface area (TPSA) is 75.7 Å². The van der Waals surface area contributed by atoms with E-state index in [0.717, 1.165) is 23.1 Å². The van der Waals surface area contributed by atoms with E-state index < -0.39 is 10.0 Å². The molecular weight excluding hydrogens is 448 g/mol. The molecular formula is C24H25ClN2O4S. The van der Waals surface area contributed by atoms with E-state index in [9.17, 15) is 13.2 Å². The van der Waals surface area contributed by atoms with Crippen LogP contribution in [0.1, 0.15) is 16.7 Å². The van der Waals surface area contributed by atoms with Crippen LogP contribution in [-0.4, -0.2) is 27.2 Å². The summed E-state index contributed by atoms with van der Waals surface area (Å²) in [5, 5.41) is 3.34. The Morgan fingerprint density at radius 1 is 1.00 bits per heavy atom. The van der Waals surface area contributed by atoms with Gasteiger partial charge in [0, 0.05) is 10.7 Å². The van der Waals surface area contributed by atoms with Crippen LogP contribution in [0.2, 0.25) is 5.02 Å². The van der Waals surface area contributed by atoms with E-state index in [1.165, 1.54) is 4.31 Å². The number of carbonyl (C=O) groups excluding carboxylic acids is 1. The van der Waals surface area contributed by atoms with Gasteiger partial charge in [0.15, 0.2) is 6.61 Å². The zero-order valence-corrected chi connectivity index (χ0v) is 19.7. The third-order valence-electron chi connectivity index (χ3n) is 5.05. The van der Waals surface area contributed by atoms with Gasteiger partial charge >= 0.3 is 0 Å². The van der Waals surface area contributed by atoms with E-state index in [1.807, 2.05) is 38.1 Å². The minimum absolute atomic E-state index is 0.108. The largest absolute Gasteiger partial charge is 0.484 e. The van der Waals surface area contributed by atoms with Gasteiger partial charge in [-0.3, -0.25) is 9.10 Å². The van der Waals surface area contributed by atoms with Gasteiger partial charge in [0.2, 0.25) is 10.0 Å². The fraction of sp³-hybridized carbons (Fsp3) is 0.208. The van der Waals surface area contributed by atoms with Gasteiger partial charge in [-0.15, -0.1) is 0 Å². The summed E-state index contributed by atoms with van der Waals surface area (Å²) >= 11 is 6.20. The van der Waals surface area contributed by atoms with Gasteiger partial charge in [-0.25, -0.2) is 8.42 Å². The van der Waals surface area contributed by atoms with Crippen molar-refractivity contribution in [3.05, 3.63) is 88.4 Å². The van der Waals surface area contributed by atoms with E-state index in [0.29, 0.717) is 22.0 Å². The van der Waals surface area contributed by atoms with Crippen LogP contribution >= 0.6 is 11.6 Å². The summed E-state index contributed by atoms with van der Waals surface area (Å²) in [4.78, 5) is 12.3. The molecule has 8 heteroatoms. The lowest BCUT2D eigenvalue weighted by Gasteiger charge is -2.23. The molecule has 168 valence electrons. The summed E-state index contributed by atoms with van der Waals surface area (Å²) in [6.45, 7) is 3.87. The summed E-state index contributed by atoms with van der Waals surface area (Å²) in [7, 11) is -3.54. The number of ether oxygens (including phenoxy) is 1. The number of amides is 1. The molecule has 0 heterocycles. The van der Waals surface area contributed by atoms with Gasteiger partial charge in [0.05, 0.1) is 18.5 Å². The first-order chi connectivity index (χ1) is 15.1. The number of carbonyl (C=O) groups is 1. The predicted octanol–water partition coefficient (Wildman–Crippen LogP) is 4.94. The average Bonchev–Trinajstić information content (AvgIpc) is 2.74. The highest BCUT2D eigenvalue weighted by Gasteiger charge is 2.19. The van der Waals surface area contributed by atoms with Crippen molar-refractivity contribution in [2.24, 2.45) is 0 Å². The van der Waals surface area contributed by atoms with Crippen molar-refractivity contribution in [3.8, 4) is 5.75 Å². The Kier molecular flexibility index (Phi) is 7.43. The number of anilines is 2. The third kappa shape index (κ3) is 6.02. The molecule has 0 radical (unpaired) electrons. The second-order valence-corrected chi connectivity index (χ2v) is 9.75. The molecule has 0 bridgehead atoms. The van der Waals surface area contributed by atoms with Crippen LogP contribution in [0.5, 0.6) is 5.75 Å². The van der Waals surface area contributed by atoms with E-state index in [4.69, 9.17) is 16.3 Å². The minimum atomic E-state index is -3.54. The van der Waals surface area contributed by atoms with Gasteiger partial charge in [-0.2, -0.15) is 0 Å². The summed E-state index contributed by atoms with van der Waals surface area (Å²) in [5.41, 5.74) is 4.01. The number of aryl methyl sites for hydroxylation is 1. The third-order valence-corrected chi connectivity index (χ3v) is 6.55. The maximum Gasteiger partial charge on any atom is 0.262 e. The first-order valence-corrected chi connectivity index (χ1v) is 12.2. The van der Waals surface area contributed by atoms with Gasteiger partial charge in [0.1, 0.15) is 5.75 Å². The maximum absolute atomic E-state index is 12.4. The molecule has 0 unspecified atom stereocenters. The molecule has 32 heavy (non-hydrogen) atoms. The zero-order valence-electron chi connectivity index (χ0n) is 18.1. The molecule has 3 rings (SSSR count). The maximum atomic E-state index is 12.4. The lowest BCUT2D eigenvalue weighted by atomic mass is 10.1. The molecule has 0 fully saturated rings. The number of rotatable bonds is 8. The number of nitrogens with one attached hydrogen (secondary N) is 1. The van der Waals surface area contributed by atoms with Crippen LogP contribution in [0.25, 0.3) is 0 Å². The fourth-order valence-electron chi connectivity index (χ4n) is 3.11. The first-order valence-electron chi connectivity index (χ1n) is 9.95. The van der Waals surface area contributed by atoms with Crippen molar-refractivity contribution in [3.63, 3.8) is 0 Å². The predicted molar refractivity (Wildman–Crippen MR) is 129 cm³/mol. The molecule has 1 N–H and O–H groups in total. The van der Waals surface area contributed by atoms with Crippen LogP contribution in [0, 0.1) is 13.8 Å². The molecule has 0 spiro atoms. The van der Waals surface area contributed by atoms with Gasteiger partial charge < -0.3 is 10.1 Å². The number of benzene rings is 3. The highest BCUT2D eigenvalue weighted by atomic mass is 35.5. The Morgan fingerprint density at radius 2 is 1.69 bits per heavy atom. The van der Waals surface area contributed by atoms with Crippen molar-refractivity contribution in [1.82, 2.24) is 0 Å². The normalized spacial score (nSPS) is 11.1. The fourth-order valence-corrected chi connectivity index (χ4v) is 4.19. The number of hydrogen-bond acceptors (Lipinski definition) is 4. The first kappa shape index (κ1) is 23.6. The Morgan fingerprint density at radius 3 is 2.34 bits per heavy atom. The van der Waals surface area contributed by atoms with Crippen LogP contribution in [0.3, 0.4) is 0 Å². The number of sulfonamides is 1. The number of nitrogens with zero attached hydrogens (tertiary/aromatic N) is 1. The monoisotopic (exact) mass is 472 g/mol. The number of halogens is 1. The standard InChI is InChI=1S/C24H25ClN2O4S/c1-17-7-6-10-23(18(17)2)26-24(28)16-31-21-13-11-20(12-14-21)27(32(3,29)30)15-19-8-4-5-9-22(19)25/h4-14H,15-16H2,1-3H3,(H,26,28). The van der Waals surface area contributed by atoms with E-state index in [-0.39, 0.29) is 19.1 Å². The van der Waals surface area contributed by atoms with Crippen molar-refractivity contribution >= 4 is 38.9 Å². The van der Waals surface area contributed by atoms with Crippen LogP contribution in [-0.2, 0) is 21.4 Å². The molecule has 0 aromatic heterocycles. The molecule has 0 saturated carbocycles. The summed E-state index contributed by atoms with van der Waals surface area (Å²) in [6.07, 6.45) is 1.14. The molecule has 0 saturated heterocycles. The van der Waals surface area contributed by atoms with E-state index >= 15 is 0 Å². The van der Waals surface area contributed by atoms with Crippen LogP contribution < -0.4 is 14.4 Å². The Hall–Kier alpha value is -3.03. The lowest BCUT2D eigenvalue weighted by Crippen LogP contribution is -2.29. The molecule has 3 aromatic carbocycles. The van der Waals surface area contributed by atoms with Gasteiger partial charge in [-0.1, -0.05) is 41.9 Å². The molecule has 3 aromatic rings. The van der Waals surface area contributed by atoms with Crippen molar-refractivity contribution in [2.75, 3.05) is 22.5 Å². The molecule has 1 amide bonds. The summed E-state index contributed by atoms with van der Waals surface area (Å²) in [6, 6.07) is 19.3.